The average Bonchev–Trinajstić information content (AvgIpc) is 2.75. The number of carbonyl (C=O) groups excluding carboxylic acids is 1. The summed E-state index contributed by atoms with van der Waals surface area (Å²) in [5, 5.41) is 0. The SMILES string of the molecule is CCCCCCCCCCCCCCCCOc1ccc(C(=O)CN(C)C)cc1S(=O)(=O)O. The molecule has 0 fully saturated rings. The fraction of sp³-hybridized carbons (Fsp3) is 0.731. The number of nitrogens with zero attached hydrogens (tertiary/aromatic N) is 1. The first kappa shape index (κ1) is 29.6. The minimum Gasteiger partial charge on any atom is -0.492 e. The predicted octanol–water partition coefficient (Wildman–Crippen LogP) is 6.54. The maximum absolute atomic E-state index is 12.2. The molecule has 7 heteroatoms. The molecule has 0 atom stereocenters. The van der Waals surface area contributed by atoms with E-state index in [1.807, 2.05) is 0 Å². The van der Waals surface area contributed by atoms with Gasteiger partial charge in [-0.3, -0.25) is 9.35 Å². The number of unbranched alkanes of at least 4 members (excludes halogenated alkanes) is 13. The molecule has 1 N–H and O–H groups in total. The number of ether oxygens (including phenoxy) is 1. The first-order valence-corrected chi connectivity index (χ1v) is 14.1. The Balaban J connectivity index is 2.23. The maximum atomic E-state index is 12.2. The Morgan fingerprint density at radius 3 is 1.79 bits per heavy atom. The van der Waals surface area contributed by atoms with Gasteiger partial charge in [0.05, 0.1) is 13.2 Å². The molecule has 0 saturated heterocycles. The number of hydrogen-bond acceptors (Lipinski definition) is 5. The molecule has 0 aliphatic rings. The van der Waals surface area contributed by atoms with Crippen molar-refractivity contribution in [2.45, 2.75) is 102 Å². The van der Waals surface area contributed by atoms with Gasteiger partial charge in [0, 0.05) is 5.56 Å². The topological polar surface area (TPSA) is 83.9 Å². The van der Waals surface area contributed by atoms with Crippen molar-refractivity contribution in [3.63, 3.8) is 0 Å². The smallest absolute Gasteiger partial charge is 0.298 e. The molecule has 6 nitrogen and oxygen atoms in total. The van der Waals surface area contributed by atoms with Crippen LogP contribution in [0.1, 0.15) is 107 Å². The molecular formula is C26H45NO5S. The molecule has 1 aromatic rings. The van der Waals surface area contributed by atoms with Crippen molar-refractivity contribution in [3.05, 3.63) is 23.8 Å². The molecule has 1 aromatic carbocycles. The lowest BCUT2D eigenvalue weighted by atomic mass is 10.0. The summed E-state index contributed by atoms with van der Waals surface area (Å²) in [5.74, 6) is -0.128. The van der Waals surface area contributed by atoms with E-state index in [-0.39, 0.29) is 28.5 Å². The highest BCUT2D eigenvalue weighted by Gasteiger charge is 2.20. The van der Waals surface area contributed by atoms with Gasteiger partial charge in [-0.25, -0.2) is 0 Å². The van der Waals surface area contributed by atoms with Crippen molar-refractivity contribution >= 4 is 15.9 Å². The largest absolute Gasteiger partial charge is 0.492 e. The fourth-order valence-electron chi connectivity index (χ4n) is 3.86. The number of likely N-dealkylation sites (N-methyl/N-ethyl adjacent to an activating group) is 1. The maximum Gasteiger partial charge on any atom is 0.298 e. The molecule has 190 valence electrons. The molecule has 0 aliphatic carbocycles. The van der Waals surface area contributed by atoms with E-state index < -0.39 is 10.1 Å². The molecule has 0 spiro atoms. The lowest BCUT2D eigenvalue weighted by molar-refractivity contribution is 0.0957. The lowest BCUT2D eigenvalue weighted by Gasteiger charge is -2.12. The summed E-state index contributed by atoms with van der Waals surface area (Å²) < 4.78 is 38.7. The quantitative estimate of drug-likeness (QED) is 0.129. The monoisotopic (exact) mass is 483 g/mol. The minimum atomic E-state index is -4.48. The van der Waals surface area contributed by atoms with Crippen LogP contribution < -0.4 is 4.74 Å². The van der Waals surface area contributed by atoms with Crippen LogP contribution in [0.5, 0.6) is 5.75 Å². The zero-order valence-corrected chi connectivity index (χ0v) is 21.8. The van der Waals surface area contributed by atoms with Crippen LogP contribution in [-0.2, 0) is 10.1 Å². The van der Waals surface area contributed by atoms with Gasteiger partial charge in [-0.1, -0.05) is 90.4 Å². The molecule has 0 bridgehead atoms. The van der Waals surface area contributed by atoms with E-state index in [2.05, 4.69) is 6.92 Å². The molecule has 0 amide bonds. The molecule has 0 aliphatic heterocycles. The summed E-state index contributed by atoms with van der Waals surface area (Å²) in [5.41, 5.74) is 0.236. The van der Waals surface area contributed by atoms with E-state index in [1.165, 1.54) is 82.8 Å². The third-order valence-electron chi connectivity index (χ3n) is 5.76. The van der Waals surface area contributed by atoms with Crippen LogP contribution in [0.25, 0.3) is 0 Å². The van der Waals surface area contributed by atoms with Gasteiger partial charge in [0.1, 0.15) is 10.6 Å². The van der Waals surface area contributed by atoms with Crippen molar-refractivity contribution in [2.75, 3.05) is 27.2 Å². The number of benzene rings is 1. The number of Topliss-reactive ketones (excluding diaryl/α,β-unsaturated/α-hetero) is 1. The first-order valence-electron chi connectivity index (χ1n) is 12.7. The molecule has 0 unspecified atom stereocenters. The van der Waals surface area contributed by atoms with E-state index in [0.717, 1.165) is 19.3 Å². The Morgan fingerprint density at radius 2 is 1.33 bits per heavy atom. The number of rotatable bonds is 20. The van der Waals surface area contributed by atoms with Gasteiger partial charge >= 0.3 is 0 Å². The van der Waals surface area contributed by atoms with Gasteiger partial charge in [0.15, 0.2) is 5.78 Å². The third-order valence-corrected chi connectivity index (χ3v) is 6.63. The van der Waals surface area contributed by atoms with Crippen molar-refractivity contribution < 1.29 is 22.5 Å². The predicted molar refractivity (Wildman–Crippen MR) is 135 cm³/mol. The lowest BCUT2D eigenvalue weighted by Crippen LogP contribution is -2.22. The van der Waals surface area contributed by atoms with Crippen molar-refractivity contribution in [1.29, 1.82) is 0 Å². The number of ketones is 1. The van der Waals surface area contributed by atoms with E-state index in [4.69, 9.17) is 4.74 Å². The van der Waals surface area contributed by atoms with Gasteiger partial charge in [-0.2, -0.15) is 8.42 Å². The average molecular weight is 484 g/mol. The highest BCUT2D eigenvalue weighted by Crippen LogP contribution is 2.26. The molecule has 0 aromatic heterocycles. The molecule has 0 radical (unpaired) electrons. The van der Waals surface area contributed by atoms with E-state index in [0.29, 0.717) is 6.61 Å². The Hall–Kier alpha value is -1.44. The summed E-state index contributed by atoms with van der Waals surface area (Å²) in [6.45, 7) is 2.79. The van der Waals surface area contributed by atoms with Crippen LogP contribution in [0.3, 0.4) is 0 Å². The van der Waals surface area contributed by atoms with Gasteiger partial charge in [0.25, 0.3) is 10.1 Å². The van der Waals surface area contributed by atoms with E-state index in [1.54, 1.807) is 25.1 Å². The molecule has 0 heterocycles. The van der Waals surface area contributed by atoms with Crippen molar-refractivity contribution in [3.8, 4) is 5.75 Å². The second kappa shape index (κ2) is 17.1. The second-order valence-corrected chi connectivity index (χ2v) is 10.6. The van der Waals surface area contributed by atoms with Crippen molar-refractivity contribution in [2.24, 2.45) is 0 Å². The highest BCUT2D eigenvalue weighted by molar-refractivity contribution is 7.86. The molecule has 0 saturated carbocycles. The normalized spacial score (nSPS) is 11.8. The van der Waals surface area contributed by atoms with Crippen LogP contribution in [0.15, 0.2) is 23.1 Å². The van der Waals surface area contributed by atoms with Gasteiger partial charge in [0.2, 0.25) is 0 Å². The molecule has 33 heavy (non-hydrogen) atoms. The van der Waals surface area contributed by atoms with Crippen molar-refractivity contribution in [1.82, 2.24) is 4.90 Å². The van der Waals surface area contributed by atoms with Crippen LogP contribution >= 0.6 is 0 Å². The standard InChI is InChI=1S/C26H45NO5S/c1-4-5-6-7-8-9-10-11-12-13-14-15-16-17-20-32-25-19-18-23(24(28)22-27(2)3)21-26(25)33(29,30)31/h18-19,21H,4-17,20,22H2,1-3H3,(H,29,30,31). The van der Waals surface area contributed by atoms with Crippen LogP contribution in [0.2, 0.25) is 0 Å². The summed E-state index contributed by atoms with van der Waals surface area (Å²) >= 11 is 0. The minimum absolute atomic E-state index is 0.0913. The summed E-state index contributed by atoms with van der Waals surface area (Å²) in [6, 6.07) is 4.19. The summed E-state index contributed by atoms with van der Waals surface area (Å²) in [6.07, 6.45) is 17.7. The van der Waals surface area contributed by atoms with E-state index in [9.17, 15) is 17.8 Å². The van der Waals surface area contributed by atoms with Gasteiger partial charge in [-0.15, -0.1) is 0 Å². The first-order chi connectivity index (χ1) is 15.8. The molecular weight excluding hydrogens is 438 g/mol. The van der Waals surface area contributed by atoms with Crippen LogP contribution in [0, 0.1) is 0 Å². The Labute approximate surface area is 201 Å². The van der Waals surface area contributed by atoms with Crippen LogP contribution in [0.4, 0.5) is 0 Å². The number of carbonyl (C=O) groups is 1. The second-order valence-electron chi connectivity index (χ2n) is 9.24. The van der Waals surface area contributed by atoms with Crippen LogP contribution in [-0.4, -0.2) is 50.9 Å². The van der Waals surface area contributed by atoms with E-state index >= 15 is 0 Å². The summed E-state index contributed by atoms with van der Waals surface area (Å²) in [4.78, 5) is 13.5. The Bertz CT molecular complexity index is 777. The zero-order chi connectivity index (χ0) is 24.5. The van der Waals surface area contributed by atoms with Gasteiger partial charge in [-0.05, 0) is 38.7 Å². The number of hydrogen-bond donors (Lipinski definition) is 1. The Morgan fingerprint density at radius 1 is 0.848 bits per heavy atom. The Kier molecular flexibility index (Phi) is 15.3. The summed E-state index contributed by atoms with van der Waals surface area (Å²) in [7, 11) is -0.961. The third kappa shape index (κ3) is 13.8. The molecule has 1 rings (SSSR count). The zero-order valence-electron chi connectivity index (χ0n) is 21.0. The fourth-order valence-corrected chi connectivity index (χ4v) is 4.52. The highest BCUT2D eigenvalue weighted by atomic mass is 32.2. The van der Waals surface area contributed by atoms with Gasteiger partial charge < -0.3 is 9.64 Å².